The van der Waals surface area contributed by atoms with E-state index in [1.54, 1.807) is 58.3 Å². The number of nitrogens with zero attached hydrogens (tertiary/aromatic N) is 2. The van der Waals surface area contributed by atoms with Crippen LogP contribution in [0.15, 0.2) is 48.5 Å². The molecule has 1 aliphatic heterocycles. The number of carboxylic acid groups (broad SMARTS) is 1. The number of amidine groups is 1. The first-order chi connectivity index (χ1) is 16.3. The van der Waals surface area contributed by atoms with Gasteiger partial charge in [-0.25, -0.2) is 9.59 Å². The minimum Gasteiger partial charge on any atom is -0.480 e. The second-order valence-electron chi connectivity index (χ2n) is 8.33. The number of unbranched alkanes of at least 4 members (excludes halogenated alkanes) is 2. The van der Waals surface area contributed by atoms with Gasteiger partial charge < -0.3 is 16.2 Å². The topological polar surface area (TPSA) is 140 Å². The fourth-order valence-electron chi connectivity index (χ4n) is 3.89. The lowest BCUT2D eigenvalue weighted by Gasteiger charge is -2.20. The molecule has 5 N–H and O–H groups in total. The molecule has 2 aromatic carbocycles. The van der Waals surface area contributed by atoms with Crippen LogP contribution in [0, 0.1) is 5.41 Å². The van der Waals surface area contributed by atoms with E-state index in [1.165, 1.54) is 0 Å². The van der Waals surface area contributed by atoms with Crippen LogP contribution in [-0.4, -0.2) is 48.0 Å². The molecule has 3 amide bonds. The van der Waals surface area contributed by atoms with Crippen LogP contribution >= 0.6 is 0 Å². The molecule has 0 spiro atoms. The van der Waals surface area contributed by atoms with E-state index in [0.29, 0.717) is 30.8 Å². The average Bonchev–Trinajstić information content (AvgIpc) is 3.20. The third-order valence-corrected chi connectivity index (χ3v) is 5.83. The summed E-state index contributed by atoms with van der Waals surface area (Å²) in [6.07, 6.45) is 3.15. The van der Waals surface area contributed by atoms with Crippen molar-refractivity contribution in [3.8, 4) is 0 Å². The number of amides is 3. The Bertz CT molecular complexity index is 1040. The van der Waals surface area contributed by atoms with Gasteiger partial charge in [0.2, 0.25) is 5.91 Å². The van der Waals surface area contributed by atoms with E-state index in [1.807, 2.05) is 6.92 Å². The minimum absolute atomic E-state index is 0.0257. The van der Waals surface area contributed by atoms with Crippen LogP contribution in [0.5, 0.6) is 0 Å². The third-order valence-electron chi connectivity index (χ3n) is 5.83. The number of nitrogen functional groups attached to an aromatic ring is 1. The van der Waals surface area contributed by atoms with E-state index in [9.17, 15) is 19.5 Å². The number of carbonyl (C=O) groups excluding carboxylic acids is 2. The van der Waals surface area contributed by atoms with E-state index in [0.717, 1.165) is 30.5 Å². The zero-order chi connectivity index (χ0) is 24.7. The molecular weight excluding hydrogens is 434 g/mol. The van der Waals surface area contributed by atoms with Gasteiger partial charge in [-0.15, -0.1) is 0 Å². The predicted octanol–water partition coefficient (Wildman–Crippen LogP) is 3.11. The number of hydrogen-bond donors (Lipinski definition) is 4. The summed E-state index contributed by atoms with van der Waals surface area (Å²) in [5.74, 6) is -1.35. The van der Waals surface area contributed by atoms with Gasteiger partial charge in [-0.05, 0) is 48.4 Å². The highest BCUT2D eigenvalue weighted by atomic mass is 16.4. The van der Waals surface area contributed by atoms with Crippen molar-refractivity contribution in [1.29, 1.82) is 5.41 Å². The number of hydrogen-bond acceptors (Lipinski definition) is 4. The SMILES string of the molecule is CCCCCC(=O)NC(Cc1ccc(N2CCN(c3ccc(C(=N)N)cc3)C2=O)cc1)C(=O)O. The molecule has 1 saturated heterocycles. The molecule has 0 saturated carbocycles. The van der Waals surface area contributed by atoms with Crippen LogP contribution in [0.3, 0.4) is 0 Å². The maximum Gasteiger partial charge on any atom is 0.329 e. The average molecular weight is 466 g/mol. The molecule has 3 rings (SSSR count). The van der Waals surface area contributed by atoms with Crippen molar-refractivity contribution < 1.29 is 19.5 Å². The summed E-state index contributed by atoms with van der Waals surface area (Å²) in [4.78, 5) is 40.0. The van der Waals surface area contributed by atoms with Gasteiger partial charge in [0.15, 0.2) is 0 Å². The maximum absolute atomic E-state index is 13.0. The summed E-state index contributed by atoms with van der Waals surface area (Å²) in [5, 5.41) is 19.6. The molecule has 1 heterocycles. The lowest BCUT2D eigenvalue weighted by Crippen LogP contribution is -2.42. The quantitative estimate of drug-likeness (QED) is 0.229. The van der Waals surface area contributed by atoms with E-state index in [-0.39, 0.29) is 24.2 Å². The molecule has 180 valence electrons. The van der Waals surface area contributed by atoms with Crippen molar-refractivity contribution >= 4 is 35.1 Å². The number of nitrogens with one attached hydrogen (secondary N) is 2. The first-order valence-corrected chi connectivity index (χ1v) is 11.4. The van der Waals surface area contributed by atoms with Crippen molar-refractivity contribution in [1.82, 2.24) is 5.32 Å². The Balaban J connectivity index is 1.62. The summed E-state index contributed by atoms with van der Waals surface area (Å²) in [7, 11) is 0. The first-order valence-electron chi connectivity index (χ1n) is 11.4. The Morgan fingerprint density at radius 1 is 1.03 bits per heavy atom. The molecule has 0 radical (unpaired) electrons. The fourth-order valence-corrected chi connectivity index (χ4v) is 3.89. The first kappa shape index (κ1) is 24.8. The van der Waals surface area contributed by atoms with E-state index in [2.05, 4.69) is 5.32 Å². The van der Waals surface area contributed by atoms with Gasteiger partial charge in [-0.3, -0.25) is 20.0 Å². The highest BCUT2D eigenvalue weighted by Crippen LogP contribution is 2.26. The molecule has 1 aliphatic rings. The molecule has 1 fully saturated rings. The van der Waals surface area contributed by atoms with Gasteiger partial charge in [-0.2, -0.15) is 0 Å². The molecule has 2 aromatic rings. The molecule has 0 aliphatic carbocycles. The van der Waals surface area contributed by atoms with Gasteiger partial charge in [0, 0.05) is 42.9 Å². The number of urea groups is 1. The molecule has 34 heavy (non-hydrogen) atoms. The van der Waals surface area contributed by atoms with Crippen LogP contribution in [0.2, 0.25) is 0 Å². The van der Waals surface area contributed by atoms with Crippen LogP contribution in [-0.2, 0) is 16.0 Å². The van der Waals surface area contributed by atoms with Crippen LogP contribution < -0.4 is 20.9 Å². The summed E-state index contributed by atoms with van der Waals surface area (Å²) < 4.78 is 0. The molecule has 9 nitrogen and oxygen atoms in total. The summed E-state index contributed by atoms with van der Waals surface area (Å²) in [5.41, 5.74) is 8.29. The van der Waals surface area contributed by atoms with Crippen molar-refractivity contribution in [2.75, 3.05) is 22.9 Å². The lowest BCUT2D eigenvalue weighted by atomic mass is 10.0. The van der Waals surface area contributed by atoms with Crippen LogP contribution in [0.25, 0.3) is 0 Å². The monoisotopic (exact) mass is 465 g/mol. The van der Waals surface area contributed by atoms with Crippen LogP contribution in [0.1, 0.15) is 43.7 Å². The second kappa shape index (κ2) is 11.3. The molecule has 9 heteroatoms. The number of carbonyl (C=O) groups is 3. The summed E-state index contributed by atoms with van der Waals surface area (Å²) in [6.45, 7) is 3.07. The van der Waals surface area contributed by atoms with E-state index in [4.69, 9.17) is 11.1 Å². The number of nitrogens with two attached hydrogens (primary N) is 1. The lowest BCUT2D eigenvalue weighted by molar-refractivity contribution is -0.141. The minimum atomic E-state index is -1.07. The molecule has 0 bridgehead atoms. The number of benzene rings is 2. The standard InChI is InChI=1S/C25H31N5O4/c1-2-3-4-5-22(31)28-21(24(32)33)16-17-6-10-19(11-7-17)29-14-15-30(25(29)34)20-12-8-18(9-13-20)23(26)27/h6-13,21H,2-5,14-16H2,1H3,(H3,26,27)(H,28,31)(H,32,33). The van der Waals surface area contributed by atoms with E-state index < -0.39 is 12.0 Å². The fraction of sp³-hybridized carbons (Fsp3) is 0.360. The number of rotatable bonds is 11. The molecule has 0 aromatic heterocycles. The molecular formula is C25H31N5O4. The smallest absolute Gasteiger partial charge is 0.329 e. The Kier molecular flexibility index (Phi) is 8.24. The van der Waals surface area contributed by atoms with E-state index >= 15 is 0 Å². The van der Waals surface area contributed by atoms with Gasteiger partial charge >= 0.3 is 12.0 Å². The maximum atomic E-state index is 13.0. The van der Waals surface area contributed by atoms with Gasteiger partial charge in [0.25, 0.3) is 0 Å². The zero-order valence-corrected chi connectivity index (χ0v) is 19.3. The van der Waals surface area contributed by atoms with Crippen molar-refractivity contribution in [2.45, 2.75) is 45.1 Å². The summed E-state index contributed by atoms with van der Waals surface area (Å²) >= 11 is 0. The predicted molar refractivity (Wildman–Crippen MR) is 131 cm³/mol. The molecule has 1 atom stereocenters. The third kappa shape index (κ3) is 6.12. The van der Waals surface area contributed by atoms with Crippen LogP contribution in [0.4, 0.5) is 16.2 Å². The van der Waals surface area contributed by atoms with Crippen molar-refractivity contribution in [3.05, 3.63) is 59.7 Å². The normalized spacial score (nSPS) is 14.2. The van der Waals surface area contributed by atoms with Gasteiger partial charge in [-0.1, -0.05) is 31.9 Å². The Morgan fingerprint density at radius 3 is 2.09 bits per heavy atom. The van der Waals surface area contributed by atoms with Gasteiger partial charge in [0.1, 0.15) is 11.9 Å². The second-order valence-corrected chi connectivity index (χ2v) is 8.33. The Hall–Kier alpha value is -3.88. The largest absolute Gasteiger partial charge is 0.480 e. The number of anilines is 2. The van der Waals surface area contributed by atoms with Gasteiger partial charge in [0.05, 0.1) is 0 Å². The zero-order valence-electron chi connectivity index (χ0n) is 19.3. The number of carboxylic acids is 1. The van der Waals surface area contributed by atoms with Crippen molar-refractivity contribution in [3.63, 3.8) is 0 Å². The Morgan fingerprint density at radius 2 is 1.59 bits per heavy atom. The Labute approximate surface area is 199 Å². The summed E-state index contributed by atoms with van der Waals surface area (Å²) in [6, 6.07) is 12.9. The highest BCUT2D eigenvalue weighted by molar-refractivity contribution is 6.06. The highest BCUT2D eigenvalue weighted by Gasteiger charge is 2.30. The van der Waals surface area contributed by atoms with Crippen molar-refractivity contribution in [2.24, 2.45) is 5.73 Å². The molecule has 1 unspecified atom stereocenters. The number of aliphatic carboxylic acids is 1.